The highest BCUT2D eigenvalue weighted by atomic mass is 16.5. The van der Waals surface area contributed by atoms with Crippen LogP contribution in [-0.2, 0) is 4.74 Å². The maximum atomic E-state index is 10.8. The molecule has 3 nitrogen and oxygen atoms in total. The molecule has 0 spiro atoms. The van der Waals surface area contributed by atoms with Crippen molar-refractivity contribution >= 4 is 6.09 Å². The van der Waals surface area contributed by atoms with Gasteiger partial charge in [0.1, 0.15) is 0 Å². The second kappa shape index (κ2) is 5.10. The van der Waals surface area contributed by atoms with Crippen LogP contribution in [0, 0.1) is 11.8 Å². The van der Waals surface area contributed by atoms with Crippen LogP contribution in [0.25, 0.3) is 0 Å². The Kier molecular flexibility index (Phi) is 4.06. The minimum atomic E-state index is -0.307. The topological polar surface area (TPSA) is 38.3 Å². The van der Waals surface area contributed by atoms with Crippen LogP contribution in [0.2, 0.25) is 0 Å². The van der Waals surface area contributed by atoms with E-state index in [0.29, 0.717) is 5.92 Å². The molecular weight excluding hydrogens is 166 g/mol. The lowest BCUT2D eigenvalue weighted by atomic mass is 9.83. The van der Waals surface area contributed by atoms with E-state index in [2.05, 4.69) is 17.0 Å². The van der Waals surface area contributed by atoms with Crippen LogP contribution in [-0.4, -0.2) is 19.7 Å². The summed E-state index contributed by atoms with van der Waals surface area (Å²) in [5.41, 5.74) is 0. The number of alkyl carbamates (subject to hydrolysis) is 1. The summed E-state index contributed by atoms with van der Waals surface area (Å²) in [7, 11) is 1.40. The number of hydrogen-bond donors (Lipinski definition) is 1. The van der Waals surface area contributed by atoms with Gasteiger partial charge in [-0.15, -0.1) is 0 Å². The second-order valence-corrected chi connectivity index (χ2v) is 4.00. The lowest BCUT2D eigenvalue weighted by Gasteiger charge is -2.25. The van der Waals surface area contributed by atoms with Crippen molar-refractivity contribution in [3.05, 3.63) is 0 Å². The predicted octanol–water partition coefficient (Wildman–Crippen LogP) is 2.17. The van der Waals surface area contributed by atoms with E-state index in [4.69, 9.17) is 0 Å². The van der Waals surface area contributed by atoms with E-state index in [9.17, 15) is 4.79 Å². The minimum Gasteiger partial charge on any atom is -0.453 e. The van der Waals surface area contributed by atoms with Crippen molar-refractivity contribution in [2.45, 2.75) is 32.6 Å². The fourth-order valence-corrected chi connectivity index (χ4v) is 1.83. The molecule has 0 aliphatic heterocycles. The molecule has 1 N–H and O–H groups in total. The largest absolute Gasteiger partial charge is 0.453 e. The Morgan fingerprint density at radius 2 is 2.00 bits per heavy atom. The first-order chi connectivity index (χ1) is 6.22. The molecule has 13 heavy (non-hydrogen) atoms. The van der Waals surface area contributed by atoms with Crippen LogP contribution >= 0.6 is 0 Å². The molecule has 0 unspecified atom stereocenters. The number of rotatable bonds is 2. The van der Waals surface area contributed by atoms with Crippen molar-refractivity contribution in [3.63, 3.8) is 0 Å². The second-order valence-electron chi connectivity index (χ2n) is 4.00. The van der Waals surface area contributed by atoms with E-state index < -0.39 is 0 Å². The van der Waals surface area contributed by atoms with E-state index in [1.807, 2.05) is 0 Å². The van der Waals surface area contributed by atoms with Crippen LogP contribution in [0.4, 0.5) is 4.79 Å². The van der Waals surface area contributed by atoms with Crippen molar-refractivity contribution in [3.8, 4) is 0 Å². The van der Waals surface area contributed by atoms with Crippen molar-refractivity contribution < 1.29 is 9.53 Å². The van der Waals surface area contributed by atoms with Gasteiger partial charge in [0.2, 0.25) is 0 Å². The molecule has 0 bridgehead atoms. The summed E-state index contributed by atoms with van der Waals surface area (Å²) >= 11 is 0. The molecule has 0 aromatic carbocycles. The van der Waals surface area contributed by atoms with Gasteiger partial charge in [-0.05, 0) is 24.7 Å². The van der Waals surface area contributed by atoms with Crippen LogP contribution < -0.4 is 5.32 Å². The maximum absolute atomic E-state index is 10.8. The Bertz CT molecular complexity index is 162. The number of amides is 1. The van der Waals surface area contributed by atoms with Crippen molar-refractivity contribution in [1.29, 1.82) is 0 Å². The molecule has 0 aromatic heterocycles. The monoisotopic (exact) mass is 185 g/mol. The molecule has 0 saturated heterocycles. The third-order valence-corrected chi connectivity index (χ3v) is 2.86. The highest BCUT2D eigenvalue weighted by Crippen LogP contribution is 2.27. The normalized spacial score (nSPS) is 28.2. The first-order valence-corrected chi connectivity index (χ1v) is 5.04. The quantitative estimate of drug-likeness (QED) is 0.716. The fourth-order valence-electron chi connectivity index (χ4n) is 1.83. The first kappa shape index (κ1) is 10.4. The Hall–Kier alpha value is -0.730. The zero-order valence-corrected chi connectivity index (χ0v) is 8.51. The van der Waals surface area contributed by atoms with Gasteiger partial charge in [0.15, 0.2) is 0 Å². The SMILES string of the molecule is COC(=O)NC[C@H]1CC[C@H](C)CC1. The van der Waals surface area contributed by atoms with Gasteiger partial charge in [0, 0.05) is 6.54 Å². The van der Waals surface area contributed by atoms with Crippen molar-refractivity contribution in [2.24, 2.45) is 11.8 Å². The summed E-state index contributed by atoms with van der Waals surface area (Å²) in [5, 5.41) is 2.76. The van der Waals surface area contributed by atoms with Gasteiger partial charge in [-0.2, -0.15) is 0 Å². The molecule has 1 fully saturated rings. The number of hydrogen-bond acceptors (Lipinski definition) is 2. The molecule has 1 amide bonds. The summed E-state index contributed by atoms with van der Waals surface area (Å²) in [5.74, 6) is 1.53. The van der Waals surface area contributed by atoms with E-state index in [1.165, 1.54) is 32.8 Å². The summed E-state index contributed by atoms with van der Waals surface area (Å²) in [6, 6.07) is 0. The van der Waals surface area contributed by atoms with Crippen LogP contribution in [0.3, 0.4) is 0 Å². The maximum Gasteiger partial charge on any atom is 0.406 e. The fraction of sp³-hybridized carbons (Fsp3) is 0.900. The summed E-state index contributed by atoms with van der Waals surface area (Å²) < 4.78 is 4.51. The number of carbonyl (C=O) groups is 1. The molecule has 1 aliphatic carbocycles. The number of carbonyl (C=O) groups excluding carboxylic acids is 1. The van der Waals surface area contributed by atoms with Gasteiger partial charge < -0.3 is 10.1 Å². The molecule has 76 valence electrons. The summed E-state index contributed by atoms with van der Waals surface area (Å²) in [6.07, 6.45) is 4.77. The molecule has 0 aromatic rings. The summed E-state index contributed by atoms with van der Waals surface area (Å²) in [6.45, 7) is 3.07. The molecule has 1 rings (SSSR count). The number of nitrogens with one attached hydrogen (secondary N) is 1. The highest BCUT2D eigenvalue weighted by Gasteiger charge is 2.18. The molecular formula is C10H19NO2. The number of ether oxygens (including phenoxy) is 1. The van der Waals surface area contributed by atoms with E-state index >= 15 is 0 Å². The third kappa shape index (κ3) is 3.66. The van der Waals surface area contributed by atoms with Crippen LogP contribution in [0.5, 0.6) is 0 Å². The van der Waals surface area contributed by atoms with Gasteiger partial charge >= 0.3 is 6.09 Å². The summed E-state index contributed by atoms with van der Waals surface area (Å²) in [4.78, 5) is 10.8. The van der Waals surface area contributed by atoms with E-state index in [0.717, 1.165) is 12.5 Å². The Morgan fingerprint density at radius 3 is 2.54 bits per heavy atom. The van der Waals surface area contributed by atoms with E-state index in [1.54, 1.807) is 0 Å². The van der Waals surface area contributed by atoms with Crippen molar-refractivity contribution in [1.82, 2.24) is 5.32 Å². The Balaban J connectivity index is 2.12. The first-order valence-electron chi connectivity index (χ1n) is 5.04. The zero-order valence-electron chi connectivity index (χ0n) is 8.51. The molecule has 3 heteroatoms. The zero-order chi connectivity index (χ0) is 9.68. The van der Waals surface area contributed by atoms with Gasteiger partial charge in [0.05, 0.1) is 7.11 Å². The highest BCUT2D eigenvalue weighted by molar-refractivity contribution is 5.66. The smallest absolute Gasteiger partial charge is 0.406 e. The minimum absolute atomic E-state index is 0.307. The molecule has 0 heterocycles. The van der Waals surface area contributed by atoms with Gasteiger partial charge in [-0.25, -0.2) is 4.79 Å². The number of methoxy groups -OCH3 is 1. The van der Waals surface area contributed by atoms with Gasteiger partial charge in [-0.1, -0.05) is 19.8 Å². The predicted molar refractivity (Wildman–Crippen MR) is 51.5 cm³/mol. The standard InChI is InChI=1S/C10H19NO2/c1-8-3-5-9(6-4-8)7-11-10(12)13-2/h8-9H,3-7H2,1-2H3,(H,11,12)/t8-,9-. The average Bonchev–Trinajstić information content (AvgIpc) is 2.16. The molecule has 1 saturated carbocycles. The van der Waals surface area contributed by atoms with Crippen LogP contribution in [0.15, 0.2) is 0 Å². The lowest BCUT2D eigenvalue weighted by Crippen LogP contribution is -2.30. The molecule has 1 aliphatic rings. The van der Waals surface area contributed by atoms with Crippen molar-refractivity contribution in [2.75, 3.05) is 13.7 Å². The van der Waals surface area contributed by atoms with Gasteiger partial charge in [-0.3, -0.25) is 0 Å². The molecule has 0 atom stereocenters. The average molecular weight is 185 g/mol. The third-order valence-electron chi connectivity index (χ3n) is 2.86. The van der Waals surface area contributed by atoms with Gasteiger partial charge in [0.25, 0.3) is 0 Å². The lowest BCUT2D eigenvalue weighted by molar-refractivity contribution is 0.166. The molecule has 0 radical (unpaired) electrons. The Labute approximate surface area is 79.8 Å². The Morgan fingerprint density at radius 1 is 1.38 bits per heavy atom. The van der Waals surface area contributed by atoms with Crippen LogP contribution in [0.1, 0.15) is 32.6 Å². The van der Waals surface area contributed by atoms with E-state index in [-0.39, 0.29) is 6.09 Å².